The molecule has 100 valence electrons. The van der Waals surface area contributed by atoms with E-state index < -0.39 is 6.09 Å². The van der Waals surface area contributed by atoms with E-state index in [2.05, 4.69) is 0 Å². The van der Waals surface area contributed by atoms with Gasteiger partial charge in [-0.25, -0.2) is 4.79 Å². The van der Waals surface area contributed by atoms with Crippen molar-refractivity contribution in [2.24, 2.45) is 0 Å². The maximum absolute atomic E-state index is 11.9. The number of hydrogen-bond donors (Lipinski definition) is 1. The predicted octanol–water partition coefficient (Wildman–Crippen LogP) is 2.42. The van der Waals surface area contributed by atoms with Crippen LogP contribution < -0.4 is 0 Å². The third-order valence-electron chi connectivity index (χ3n) is 2.56. The van der Waals surface area contributed by atoms with Gasteiger partial charge in [-0.1, -0.05) is 30.3 Å². The van der Waals surface area contributed by atoms with Crippen LogP contribution in [0.15, 0.2) is 30.3 Å². The van der Waals surface area contributed by atoms with Crippen LogP contribution in [0.4, 0.5) is 4.79 Å². The zero-order valence-corrected chi connectivity index (χ0v) is 11.2. The maximum atomic E-state index is 11.9. The van der Waals surface area contributed by atoms with Crippen molar-refractivity contribution in [1.29, 1.82) is 0 Å². The van der Waals surface area contributed by atoms with Gasteiger partial charge in [0.15, 0.2) is 0 Å². The molecule has 0 aromatic heterocycles. The van der Waals surface area contributed by atoms with Gasteiger partial charge in [0.05, 0.1) is 6.61 Å². The van der Waals surface area contributed by atoms with E-state index in [0.717, 1.165) is 5.56 Å². The summed E-state index contributed by atoms with van der Waals surface area (Å²) in [6.45, 7) is 6.18. The van der Waals surface area contributed by atoms with Gasteiger partial charge >= 0.3 is 6.09 Å². The minimum atomic E-state index is -0.402. The number of β-amino-alcohol motifs (C(OH)–C–C–N with tert-alkyl or cyclic N) is 1. The monoisotopic (exact) mass is 251 g/mol. The Morgan fingerprint density at radius 2 is 1.89 bits per heavy atom. The zero-order valence-electron chi connectivity index (χ0n) is 11.2. The Hall–Kier alpha value is -1.55. The predicted molar refractivity (Wildman–Crippen MR) is 70.2 cm³/mol. The number of nitrogens with zero attached hydrogens (tertiary/aromatic N) is 1. The van der Waals surface area contributed by atoms with E-state index in [4.69, 9.17) is 9.84 Å². The molecule has 0 fully saturated rings. The van der Waals surface area contributed by atoms with E-state index in [1.165, 1.54) is 4.90 Å². The Morgan fingerprint density at radius 1 is 1.28 bits per heavy atom. The SMILES string of the molecule is CC(C)(C)N(CCO)C(=O)OCc1ccccc1. The summed E-state index contributed by atoms with van der Waals surface area (Å²) in [4.78, 5) is 13.5. The van der Waals surface area contributed by atoms with Crippen LogP contribution in [-0.2, 0) is 11.3 Å². The topological polar surface area (TPSA) is 49.8 Å². The summed E-state index contributed by atoms with van der Waals surface area (Å²) < 4.78 is 5.25. The number of hydrogen-bond acceptors (Lipinski definition) is 3. The van der Waals surface area contributed by atoms with Gasteiger partial charge in [-0.2, -0.15) is 0 Å². The molecule has 0 saturated heterocycles. The number of aliphatic hydroxyl groups excluding tert-OH is 1. The molecule has 0 spiro atoms. The summed E-state index contributed by atoms with van der Waals surface area (Å²) >= 11 is 0. The Kier molecular flexibility index (Phi) is 5.16. The second-order valence-corrected chi connectivity index (χ2v) is 5.09. The lowest BCUT2D eigenvalue weighted by Crippen LogP contribution is -2.47. The van der Waals surface area contributed by atoms with Gasteiger partial charge < -0.3 is 14.7 Å². The van der Waals surface area contributed by atoms with Gasteiger partial charge in [0.1, 0.15) is 6.61 Å². The first-order valence-corrected chi connectivity index (χ1v) is 6.04. The van der Waals surface area contributed by atoms with E-state index in [9.17, 15) is 4.79 Å². The van der Waals surface area contributed by atoms with Crippen LogP contribution >= 0.6 is 0 Å². The van der Waals surface area contributed by atoms with Crippen LogP contribution in [0.3, 0.4) is 0 Å². The minimum absolute atomic E-state index is 0.0717. The number of ether oxygens (including phenoxy) is 1. The lowest BCUT2D eigenvalue weighted by Gasteiger charge is -2.34. The Morgan fingerprint density at radius 3 is 2.39 bits per heavy atom. The van der Waals surface area contributed by atoms with Gasteiger partial charge in [-0.3, -0.25) is 0 Å². The summed E-state index contributed by atoms with van der Waals surface area (Å²) in [7, 11) is 0. The van der Waals surface area contributed by atoms with Gasteiger partial charge in [0.2, 0.25) is 0 Å². The molecule has 0 radical (unpaired) electrons. The Bertz CT molecular complexity index is 370. The van der Waals surface area contributed by atoms with Gasteiger partial charge in [-0.15, -0.1) is 0 Å². The van der Waals surface area contributed by atoms with Gasteiger partial charge in [0.25, 0.3) is 0 Å². The molecule has 1 amide bonds. The lowest BCUT2D eigenvalue weighted by molar-refractivity contribution is 0.0535. The molecule has 0 aliphatic heterocycles. The number of carbonyl (C=O) groups excluding carboxylic acids is 1. The molecule has 1 rings (SSSR count). The molecular weight excluding hydrogens is 230 g/mol. The molecule has 4 nitrogen and oxygen atoms in total. The number of carbonyl (C=O) groups is 1. The quantitative estimate of drug-likeness (QED) is 0.894. The molecule has 0 heterocycles. The zero-order chi connectivity index (χ0) is 13.6. The fourth-order valence-electron chi connectivity index (χ4n) is 1.60. The molecule has 0 saturated carbocycles. The van der Waals surface area contributed by atoms with E-state index in [1.807, 2.05) is 51.1 Å². The van der Waals surface area contributed by atoms with Crippen molar-refractivity contribution in [3.63, 3.8) is 0 Å². The summed E-state index contributed by atoms with van der Waals surface area (Å²) in [6, 6.07) is 9.52. The third-order valence-corrected chi connectivity index (χ3v) is 2.56. The van der Waals surface area contributed by atoms with E-state index >= 15 is 0 Å². The molecule has 1 N–H and O–H groups in total. The van der Waals surface area contributed by atoms with Crippen LogP contribution in [0, 0.1) is 0 Å². The summed E-state index contributed by atoms with van der Waals surface area (Å²) in [6.07, 6.45) is -0.402. The number of rotatable bonds is 4. The third kappa shape index (κ3) is 4.37. The average molecular weight is 251 g/mol. The van der Waals surface area contributed by atoms with Crippen LogP contribution in [-0.4, -0.2) is 34.8 Å². The summed E-state index contributed by atoms with van der Waals surface area (Å²) in [5.41, 5.74) is 0.583. The normalized spacial score (nSPS) is 11.1. The standard InChI is InChI=1S/C14H21NO3/c1-14(2,3)15(9-10-16)13(17)18-11-12-7-5-4-6-8-12/h4-8,16H,9-11H2,1-3H3. The van der Waals surface area contributed by atoms with Crippen LogP contribution in [0.1, 0.15) is 26.3 Å². The van der Waals surface area contributed by atoms with Crippen molar-refractivity contribution in [2.75, 3.05) is 13.2 Å². The highest BCUT2D eigenvalue weighted by molar-refractivity contribution is 5.68. The first kappa shape index (κ1) is 14.5. The molecule has 0 aliphatic carbocycles. The smallest absolute Gasteiger partial charge is 0.410 e. The molecule has 18 heavy (non-hydrogen) atoms. The molecule has 0 atom stereocenters. The molecule has 4 heteroatoms. The number of aliphatic hydroxyl groups is 1. The van der Waals surface area contributed by atoms with Crippen molar-refractivity contribution < 1.29 is 14.6 Å². The fraction of sp³-hybridized carbons (Fsp3) is 0.500. The largest absolute Gasteiger partial charge is 0.445 e. The molecule has 1 aromatic carbocycles. The molecule has 0 unspecified atom stereocenters. The van der Waals surface area contributed by atoms with Crippen LogP contribution in [0.5, 0.6) is 0 Å². The number of benzene rings is 1. The second-order valence-electron chi connectivity index (χ2n) is 5.09. The molecule has 0 bridgehead atoms. The Balaban J connectivity index is 2.57. The summed E-state index contributed by atoms with van der Waals surface area (Å²) in [5, 5.41) is 8.98. The maximum Gasteiger partial charge on any atom is 0.410 e. The van der Waals surface area contributed by atoms with Crippen molar-refractivity contribution >= 4 is 6.09 Å². The Labute approximate surface area is 108 Å². The highest BCUT2D eigenvalue weighted by Crippen LogP contribution is 2.15. The number of amides is 1. The highest BCUT2D eigenvalue weighted by atomic mass is 16.6. The van der Waals surface area contributed by atoms with Crippen molar-refractivity contribution in [1.82, 2.24) is 4.90 Å². The molecule has 1 aromatic rings. The minimum Gasteiger partial charge on any atom is -0.445 e. The van der Waals surface area contributed by atoms with Crippen LogP contribution in [0.25, 0.3) is 0 Å². The van der Waals surface area contributed by atoms with Crippen molar-refractivity contribution in [3.05, 3.63) is 35.9 Å². The van der Waals surface area contributed by atoms with Crippen molar-refractivity contribution in [2.45, 2.75) is 32.9 Å². The average Bonchev–Trinajstić information content (AvgIpc) is 2.33. The molecule has 0 aliphatic rings. The van der Waals surface area contributed by atoms with E-state index in [0.29, 0.717) is 0 Å². The highest BCUT2D eigenvalue weighted by Gasteiger charge is 2.27. The lowest BCUT2D eigenvalue weighted by atomic mass is 10.1. The summed E-state index contributed by atoms with van der Waals surface area (Å²) in [5.74, 6) is 0. The van der Waals surface area contributed by atoms with E-state index in [-0.39, 0.29) is 25.3 Å². The first-order valence-electron chi connectivity index (χ1n) is 6.04. The fourth-order valence-corrected chi connectivity index (χ4v) is 1.60. The second kappa shape index (κ2) is 6.40. The van der Waals surface area contributed by atoms with E-state index in [1.54, 1.807) is 0 Å². The van der Waals surface area contributed by atoms with Crippen molar-refractivity contribution in [3.8, 4) is 0 Å². The van der Waals surface area contributed by atoms with Crippen LogP contribution in [0.2, 0.25) is 0 Å². The van der Waals surface area contributed by atoms with Gasteiger partial charge in [-0.05, 0) is 26.3 Å². The first-order chi connectivity index (χ1) is 8.45. The van der Waals surface area contributed by atoms with Gasteiger partial charge in [0, 0.05) is 12.1 Å². The molecular formula is C14H21NO3.